The minimum Gasteiger partial charge on any atom is -0.477 e. The normalized spacial score (nSPS) is 20.7. The zero-order chi connectivity index (χ0) is 23.8. The van der Waals surface area contributed by atoms with E-state index in [4.69, 9.17) is 19.5 Å². The highest BCUT2D eigenvalue weighted by Gasteiger charge is 2.35. The van der Waals surface area contributed by atoms with Crippen molar-refractivity contribution in [3.63, 3.8) is 0 Å². The van der Waals surface area contributed by atoms with Gasteiger partial charge in [-0.25, -0.2) is 9.98 Å². The highest BCUT2D eigenvalue weighted by atomic mass is 16.5. The Morgan fingerprint density at radius 2 is 1.09 bits per heavy atom. The van der Waals surface area contributed by atoms with E-state index in [1.807, 2.05) is 0 Å². The first-order valence-electron chi connectivity index (χ1n) is 11.6. The quantitative estimate of drug-likeness (QED) is 0.577. The summed E-state index contributed by atoms with van der Waals surface area (Å²) in [6.07, 6.45) is 0. The van der Waals surface area contributed by atoms with E-state index in [1.54, 1.807) is 0 Å². The Labute approximate surface area is 197 Å². The van der Waals surface area contributed by atoms with E-state index in [9.17, 15) is 5.26 Å². The predicted molar refractivity (Wildman–Crippen MR) is 132 cm³/mol. The molecule has 0 aliphatic carbocycles. The molecule has 2 aliphatic rings. The minimum atomic E-state index is -0.720. The van der Waals surface area contributed by atoms with Crippen LogP contribution in [0.3, 0.4) is 0 Å². The van der Waals surface area contributed by atoms with Crippen LogP contribution >= 0.6 is 0 Å². The van der Waals surface area contributed by atoms with E-state index in [2.05, 4.69) is 96.1 Å². The Kier molecular flexibility index (Phi) is 6.05. The van der Waals surface area contributed by atoms with Crippen molar-refractivity contribution in [1.29, 1.82) is 5.26 Å². The maximum Gasteiger partial charge on any atom is 0.211 e. The van der Waals surface area contributed by atoms with Crippen LogP contribution in [0.4, 0.5) is 0 Å². The fourth-order valence-electron chi connectivity index (χ4n) is 4.07. The molecule has 0 unspecified atom stereocenters. The summed E-state index contributed by atoms with van der Waals surface area (Å²) in [5, 5.41) is 9.84. The molecule has 0 saturated carbocycles. The summed E-state index contributed by atoms with van der Waals surface area (Å²) in [6.45, 7) is 14.0. The maximum absolute atomic E-state index is 9.84. The topological polar surface area (TPSA) is 67.0 Å². The lowest BCUT2D eigenvalue weighted by Crippen LogP contribution is -2.23. The van der Waals surface area contributed by atoms with Crippen LogP contribution in [0.2, 0.25) is 0 Å². The van der Waals surface area contributed by atoms with Crippen molar-refractivity contribution in [2.75, 3.05) is 13.2 Å². The Morgan fingerprint density at radius 3 is 1.39 bits per heavy atom. The van der Waals surface area contributed by atoms with E-state index in [-0.39, 0.29) is 22.9 Å². The van der Waals surface area contributed by atoms with Crippen LogP contribution in [0.1, 0.15) is 75.9 Å². The molecular formula is C28H33N3O2. The van der Waals surface area contributed by atoms with Gasteiger partial charge in [-0.15, -0.1) is 0 Å². The molecule has 0 spiro atoms. The number of nitriles is 1. The lowest BCUT2D eigenvalue weighted by molar-refractivity contribution is 0.292. The van der Waals surface area contributed by atoms with Crippen LogP contribution < -0.4 is 0 Å². The molecule has 0 bridgehead atoms. The second-order valence-electron chi connectivity index (χ2n) is 10.9. The van der Waals surface area contributed by atoms with Crippen molar-refractivity contribution < 1.29 is 9.47 Å². The monoisotopic (exact) mass is 443 g/mol. The summed E-state index contributed by atoms with van der Waals surface area (Å²) in [5.41, 5.74) is 4.93. The highest BCUT2D eigenvalue weighted by Crippen LogP contribution is 2.32. The molecule has 0 N–H and O–H groups in total. The number of hydrogen-bond donors (Lipinski definition) is 0. The molecule has 4 rings (SSSR count). The van der Waals surface area contributed by atoms with Crippen LogP contribution in [0.25, 0.3) is 0 Å². The maximum atomic E-state index is 9.84. The number of rotatable bonds is 4. The molecule has 2 aliphatic heterocycles. The SMILES string of the molecule is CC(C)(C)c1ccc([C@@H]2COC(C(C#N)C3=N[C@H](c4ccc(C(C)(C)C)cc4)CO3)=N2)cc1. The van der Waals surface area contributed by atoms with Gasteiger partial charge in [0.15, 0.2) is 5.92 Å². The average Bonchev–Trinajstić information content (AvgIpc) is 3.44. The van der Waals surface area contributed by atoms with Crippen molar-refractivity contribution in [3.05, 3.63) is 70.8 Å². The molecule has 5 nitrogen and oxygen atoms in total. The molecule has 2 heterocycles. The molecular weight excluding hydrogens is 410 g/mol. The zero-order valence-corrected chi connectivity index (χ0v) is 20.4. The smallest absolute Gasteiger partial charge is 0.211 e. The molecule has 172 valence electrons. The van der Waals surface area contributed by atoms with Crippen LogP contribution in [0.5, 0.6) is 0 Å². The summed E-state index contributed by atoms with van der Waals surface area (Å²) < 4.78 is 11.7. The van der Waals surface area contributed by atoms with Crippen molar-refractivity contribution in [2.45, 2.75) is 64.5 Å². The lowest BCUT2D eigenvalue weighted by Gasteiger charge is -2.19. The lowest BCUT2D eigenvalue weighted by atomic mass is 9.86. The molecule has 0 fully saturated rings. The second kappa shape index (κ2) is 8.67. The van der Waals surface area contributed by atoms with Gasteiger partial charge in [-0.05, 0) is 33.1 Å². The third-order valence-corrected chi connectivity index (χ3v) is 6.29. The molecule has 5 heteroatoms. The number of ether oxygens (including phenoxy) is 2. The summed E-state index contributed by atoms with van der Waals surface area (Å²) in [7, 11) is 0. The number of aliphatic imine (C=N–C) groups is 2. The first kappa shape index (κ1) is 23.0. The number of hydrogen-bond acceptors (Lipinski definition) is 5. The van der Waals surface area contributed by atoms with Gasteiger partial charge in [-0.1, -0.05) is 90.1 Å². The average molecular weight is 444 g/mol. The van der Waals surface area contributed by atoms with Crippen LogP contribution in [0, 0.1) is 17.2 Å². The molecule has 2 aromatic rings. The first-order valence-corrected chi connectivity index (χ1v) is 11.6. The van der Waals surface area contributed by atoms with Gasteiger partial charge in [0.25, 0.3) is 0 Å². The zero-order valence-electron chi connectivity index (χ0n) is 20.4. The molecule has 0 radical (unpaired) electrons. The van der Waals surface area contributed by atoms with E-state index >= 15 is 0 Å². The Hall–Kier alpha value is -3.13. The Bertz CT molecular complexity index is 1010. The summed E-state index contributed by atoms with van der Waals surface area (Å²) in [4.78, 5) is 9.43. The number of benzene rings is 2. The predicted octanol–water partition coefficient (Wildman–Crippen LogP) is 6.06. The van der Waals surface area contributed by atoms with Crippen molar-refractivity contribution in [3.8, 4) is 6.07 Å². The van der Waals surface area contributed by atoms with Crippen molar-refractivity contribution in [1.82, 2.24) is 0 Å². The molecule has 2 aromatic carbocycles. The first-order chi connectivity index (χ1) is 15.6. The molecule has 0 saturated heterocycles. The molecule has 0 amide bonds. The van der Waals surface area contributed by atoms with E-state index in [0.29, 0.717) is 25.0 Å². The van der Waals surface area contributed by atoms with E-state index < -0.39 is 5.92 Å². The third kappa shape index (κ3) is 4.95. The van der Waals surface area contributed by atoms with Gasteiger partial charge in [-0.2, -0.15) is 5.26 Å². The van der Waals surface area contributed by atoms with Crippen LogP contribution in [-0.2, 0) is 20.3 Å². The van der Waals surface area contributed by atoms with Gasteiger partial charge in [0, 0.05) is 0 Å². The molecule has 0 aromatic heterocycles. The summed E-state index contributed by atoms with van der Waals surface area (Å²) in [5.74, 6) is 0.0671. The molecule has 33 heavy (non-hydrogen) atoms. The van der Waals surface area contributed by atoms with Crippen molar-refractivity contribution >= 4 is 11.8 Å². The summed E-state index contributed by atoms with van der Waals surface area (Å²) >= 11 is 0. The van der Waals surface area contributed by atoms with Gasteiger partial charge < -0.3 is 9.47 Å². The molecule has 2 atom stereocenters. The fraction of sp³-hybridized carbons (Fsp3) is 0.464. The minimum absolute atomic E-state index is 0.104. The van der Waals surface area contributed by atoms with E-state index in [0.717, 1.165) is 11.1 Å². The van der Waals surface area contributed by atoms with Gasteiger partial charge >= 0.3 is 0 Å². The van der Waals surface area contributed by atoms with Gasteiger partial charge in [-0.3, -0.25) is 0 Å². The second-order valence-corrected chi connectivity index (χ2v) is 10.9. The third-order valence-electron chi connectivity index (χ3n) is 6.29. The highest BCUT2D eigenvalue weighted by molar-refractivity contribution is 6.04. The summed E-state index contributed by atoms with van der Waals surface area (Å²) in [6, 6.07) is 19.0. The van der Waals surface area contributed by atoms with Gasteiger partial charge in [0.05, 0.1) is 6.07 Å². The van der Waals surface area contributed by atoms with E-state index in [1.165, 1.54) is 11.1 Å². The van der Waals surface area contributed by atoms with Crippen molar-refractivity contribution in [2.24, 2.45) is 15.9 Å². The van der Waals surface area contributed by atoms with Gasteiger partial charge in [0.2, 0.25) is 11.8 Å². The van der Waals surface area contributed by atoms with Crippen LogP contribution in [-0.4, -0.2) is 25.0 Å². The standard InChI is InChI=1S/C28H33N3O2/c1-27(2,3)20-11-7-18(8-12-20)23-16-32-25(30-23)22(15-29)26-31-24(17-33-26)19-9-13-21(14-10-19)28(4,5)6/h7-14,22-24H,16-17H2,1-6H3/t23-,24-/m0/s1. The number of nitrogens with zero attached hydrogens (tertiary/aromatic N) is 3. The Morgan fingerprint density at radius 1 is 0.727 bits per heavy atom. The Balaban J connectivity index is 1.49. The fourth-order valence-corrected chi connectivity index (χ4v) is 4.07. The largest absolute Gasteiger partial charge is 0.477 e. The van der Waals surface area contributed by atoms with Gasteiger partial charge in [0.1, 0.15) is 25.3 Å². The van der Waals surface area contributed by atoms with Crippen LogP contribution in [0.15, 0.2) is 58.5 Å².